The van der Waals surface area contributed by atoms with E-state index in [2.05, 4.69) is 27.7 Å². The molecule has 0 saturated carbocycles. The summed E-state index contributed by atoms with van der Waals surface area (Å²) in [6, 6.07) is 0. The smallest absolute Gasteiger partial charge is 0.306 e. The van der Waals surface area contributed by atoms with Crippen molar-refractivity contribution in [3.05, 3.63) is 0 Å². The SMILES string of the molecule is CCCCCCCCCCCC(CCCCCCCCCCC)CC(=O)OCC1O[C@@H](O[C@@H]2OC(COC(=O)CC(CCCCCCCCCCC)CCCCCCCCCCC)[C@H](O)[C@H](O)C2O)C(O)[C@@H](O)[C@H]1O. The second-order valence-electron chi connectivity index (χ2n) is 23.1. The van der Waals surface area contributed by atoms with Crippen LogP contribution in [-0.2, 0) is 33.3 Å². The number of aliphatic hydroxyl groups excluding tert-OH is 6. The second-order valence-corrected chi connectivity index (χ2v) is 23.1. The van der Waals surface area contributed by atoms with Crippen LogP contribution in [0.4, 0.5) is 0 Å². The summed E-state index contributed by atoms with van der Waals surface area (Å²) >= 11 is 0. The van der Waals surface area contributed by atoms with Crippen LogP contribution in [0.5, 0.6) is 0 Å². The van der Waals surface area contributed by atoms with Gasteiger partial charge in [0.15, 0.2) is 12.6 Å². The second kappa shape index (κ2) is 46.3. The lowest BCUT2D eigenvalue weighted by Gasteiger charge is -2.44. The third-order valence-electron chi connectivity index (χ3n) is 16.2. The van der Waals surface area contributed by atoms with E-state index in [1.165, 1.54) is 180 Å². The molecule has 2 fully saturated rings. The topological polar surface area (TPSA) is 202 Å². The van der Waals surface area contributed by atoms with Crippen LogP contribution in [0.25, 0.3) is 0 Å². The molecule has 13 heteroatoms. The van der Waals surface area contributed by atoms with E-state index in [-0.39, 0.29) is 24.7 Å². The standard InChI is InChI=1S/C62H118O13/c1-5-9-13-17-21-25-29-33-37-41-49(42-38-34-30-26-22-18-14-10-6-2)45-53(63)71-47-51-55(65)57(67)59(69)61(73-51)75-62-60(70)58(68)56(66)52(74-62)48-72-54(64)46-50(43-39-35-31-27-23-19-15-11-7-3)44-40-36-32-28-24-20-16-12-8-4/h49-52,55-62,65-70H,5-48H2,1-4H3/t51?,52?,55-,56-,57-,58-,59?,60?,61-,62-/m0/s1. The number of aliphatic hydroxyl groups is 6. The van der Waals surface area contributed by atoms with E-state index in [0.29, 0.717) is 0 Å². The molecule has 2 aliphatic rings. The fourth-order valence-electron chi connectivity index (χ4n) is 11.1. The van der Waals surface area contributed by atoms with E-state index in [0.717, 1.165) is 77.0 Å². The van der Waals surface area contributed by atoms with E-state index in [4.69, 9.17) is 23.7 Å². The van der Waals surface area contributed by atoms with Crippen molar-refractivity contribution in [1.82, 2.24) is 0 Å². The van der Waals surface area contributed by atoms with E-state index in [1.54, 1.807) is 0 Å². The predicted molar refractivity (Wildman–Crippen MR) is 300 cm³/mol. The zero-order valence-corrected chi connectivity index (χ0v) is 48.6. The van der Waals surface area contributed by atoms with Gasteiger partial charge in [0.2, 0.25) is 0 Å². The number of carbonyl (C=O) groups excluding carboxylic acids is 2. The molecule has 4 unspecified atom stereocenters. The molecule has 6 N–H and O–H groups in total. The molecule has 0 bridgehead atoms. The number of unbranched alkanes of at least 4 members (excludes halogenated alkanes) is 32. The summed E-state index contributed by atoms with van der Waals surface area (Å²) in [7, 11) is 0. The predicted octanol–water partition coefficient (Wildman–Crippen LogP) is 13.4. The van der Waals surface area contributed by atoms with Gasteiger partial charge in [-0.3, -0.25) is 9.59 Å². The van der Waals surface area contributed by atoms with Crippen LogP contribution in [0.15, 0.2) is 0 Å². The maximum Gasteiger partial charge on any atom is 0.306 e. The average Bonchev–Trinajstić information content (AvgIpc) is 3.40. The molecule has 0 aromatic carbocycles. The highest BCUT2D eigenvalue weighted by Crippen LogP contribution is 2.30. The minimum Gasteiger partial charge on any atom is -0.463 e. The van der Waals surface area contributed by atoms with Gasteiger partial charge in [0.25, 0.3) is 0 Å². The average molecular weight is 1070 g/mol. The monoisotopic (exact) mass is 1070 g/mol. The van der Waals surface area contributed by atoms with Crippen LogP contribution in [0.3, 0.4) is 0 Å². The molecule has 2 saturated heterocycles. The van der Waals surface area contributed by atoms with E-state index in [9.17, 15) is 40.2 Å². The van der Waals surface area contributed by atoms with Crippen molar-refractivity contribution in [2.45, 2.75) is 359 Å². The zero-order chi connectivity index (χ0) is 54.7. The molecule has 13 nitrogen and oxygen atoms in total. The van der Waals surface area contributed by atoms with Crippen molar-refractivity contribution < 1.29 is 63.9 Å². The molecule has 0 spiro atoms. The van der Waals surface area contributed by atoms with Crippen LogP contribution in [0.1, 0.15) is 297 Å². The minimum atomic E-state index is -1.81. The van der Waals surface area contributed by atoms with Crippen molar-refractivity contribution in [2.75, 3.05) is 13.2 Å². The molecule has 0 amide bonds. The Hall–Kier alpha value is -1.42. The maximum absolute atomic E-state index is 13.4. The lowest BCUT2D eigenvalue weighted by molar-refractivity contribution is -0.376. The molecule has 2 rings (SSSR count). The van der Waals surface area contributed by atoms with Crippen molar-refractivity contribution >= 4 is 11.9 Å². The first-order valence-corrected chi connectivity index (χ1v) is 31.8. The number of rotatable bonds is 50. The third kappa shape index (κ3) is 33.1. The van der Waals surface area contributed by atoms with Gasteiger partial charge in [0.1, 0.15) is 62.0 Å². The van der Waals surface area contributed by atoms with Gasteiger partial charge in [-0.1, -0.05) is 259 Å². The summed E-state index contributed by atoms with van der Waals surface area (Å²) in [4.78, 5) is 26.7. The molecule has 10 atom stereocenters. The Balaban J connectivity index is 1.95. The first-order valence-electron chi connectivity index (χ1n) is 31.8. The van der Waals surface area contributed by atoms with Crippen LogP contribution >= 0.6 is 0 Å². The fourth-order valence-corrected chi connectivity index (χ4v) is 11.1. The van der Waals surface area contributed by atoms with Gasteiger partial charge in [-0.2, -0.15) is 0 Å². The largest absolute Gasteiger partial charge is 0.463 e. The number of hydrogen-bond donors (Lipinski definition) is 6. The molecule has 0 aromatic rings. The molecule has 0 aromatic heterocycles. The van der Waals surface area contributed by atoms with Gasteiger partial charge in [-0.15, -0.1) is 0 Å². The van der Waals surface area contributed by atoms with Gasteiger partial charge in [0, 0.05) is 12.8 Å². The highest BCUT2D eigenvalue weighted by molar-refractivity contribution is 5.70. The molecular formula is C62H118O13. The Morgan fingerprint density at radius 3 is 0.800 bits per heavy atom. The van der Waals surface area contributed by atoms with E-state index < -0.39 is 86.6 Å². The molecule has 0 radical (unpaired) electrons. The van der Waals surface area contributed by atoms with Gasteiger partial charge < -0.3 is 54.3 Å². The Morgan fingerprint density at radius 1 is 0.333 bits per heavy atom. The van der Waals surface area contributed by atoms with Crippen LogP contribution in [0, 0.1) is 11.8 Å². The van der Waals surface area contributed by atoms with Crippen molar-refractivity contribution in [1.29, 1.82) is 0 Å². The molecule has 2 aliphatic heterocycles. The number of hydrogen-bond acceptors (Lipinski definition) is 13. The minimum absolute atomic E-state index is 0.168. The maximum atomic E-state index is 13.4. The Morgan fingerprint density at radius 2 is 0.560 bits per heavy atom. The van der Waals surface area contributed by atoms with E-state index >= 15 is 0 Å². The molecule has 2 heterocycles. The summed E-state index contributed by atoms with van der Waals surface area (Å²) in [5.41, 5.74) is 0. The lowest BCUT2D eigenvalue weighted by Crippen LogP contribution is -2.64. The Labute approximate surface area is 458 Å². The lowest BCUT2D eigenvalue weighted by atomic mass is 9.91. The highest BCUT2D eigenvalue weighted by Gasteiger charge is 2.50. The van der Waals surface area contributed by atoms with Gasteiger partial charge in [-0.25, -0.2) is 0 Å². The quantitative estimate of drug-likeness (QED) is 0.0248. The Bertz CT molecular complexity index is 1180. The van der Waals surface area contributed by atoms with Crippen molar-refractivity contribution in [2.24, 2.45) is 11.8 Å². The molecule has 0 aliphatic carbocycles. The first kappa shape index (κ1) is 69.7. The number of carbonyl (C=O) groups is 2. The van der Waals surface area contributed by atoms with Crippen molar-refractivity contribution in [3.8, 4) is 0 Å². The molecular weight excluding hydrogens is 953 g/mol. The summed E-state index contributed by atoms with van der Waals surface area (Å²) in [6.45, 7) is 8.11. The van der Waals surface area contributed by atoms with E-state index in [1.807, 2.05) is 0 Å². The summed E-state index contributed by atoms with van der Waals surface area (Å²) in [5, 5.41) is 65.5. The third-order valence-corrected chi connectivity index (χ3v) is 16.2. The zero-order valence-electron chi connectivity index (χ0n) is 48.6. The summed E-state index contributed by atoms with van der Waals surface area (Å²) in [5.74, 6) is -0.525. The Kier molecular flexibility index (Phi) is 43.1. The van der Waals surface area contributed by atoms with Crippen LogP contribution in [-0.4, -0.2) is 117 Å². The normalized spacial score (nSPS) is 24.1. The van der Waals surface area contributed by atoms with Crippen LogP contribution in [0.2, 0.25) is 0 Å². The van der Waals surface area contributed by atoms with Crippen molar-refractivity contribution in [3.63, 3.8) is 0 Å². The number of ether oxygens (including phenoxy) is 5. The highest BCUT2D eigenvalue weighted by atomic mass is 16.8. The fraction of sp³-hybridized carbons (Fsp3) is 0.968. The number of esters is 2. The molecule has 75 heavy (non-hydrogen) atoms. The first-order chi connectivity index (χ1) is 36.5. The summed E-state index contributed by atoms with van der Waals surface area (Å²) < 4.78 is 28.9. The van der Waals surface area contributed by atoms with Gasteiger partial charge in [0.05, 0.1) is 0 Å². The van der Waals surface area contributed by atoms with Gasteiger partial charge in [-0.05, 0) is 37.5 Å². The van der Waals surface area contributed by atoms with Crippen LogP contribution < -0.4 is 0 Å². The molecule has 444 valence electrons. The summed E-state index contributed by atoms with van der Waals surface area (Å²) in [6.07, 6.45) is 32.1. The van der Waals surface area contributed by atoms with Gasteiger partial charge >= 0.3 is 11.9 Å².